The van der Waals surface area contributed by atoms with Crippen molar-refractivity contribution in [3.05, 3.63) is 52.1 Å². The standard InChI is InChI=1S/C14H10BrNO3/c1-19-14(18)12-3-2-4-16-13(12)10-5-9(8-17)6-11(15)7-10/h2-8H,1H3. The van der Waals surface area contributed by atoms with E-state index in [9.17, 15) is 9.59 Å². The molecule has 96 valence electrons. The molecule has 0 saturated carbocycles. The number of aldehydes is 1. The van der Waals surface area contributed by atoms with E-state index >= 15 is 0 Å². The zero-order valence-electron chi connectivity index (χ0n) is 10.1. The highest BCUT2D eigenvalue weighted by molar-refractivity contribution is 9.10. The highest BCUT2D eigenvalue weighted by atomic mass is 79.9. The van der Waals surface area contributed by atoms with Gasteiger partial charge in [0.15, 0.2) is 0 Å². The molecule has 2 aromatic rings. The van der Waals surface area contributed by atoms with Crippen LogP contribution in [0, 0.1) is 0 Å². The SMILES string of the molecule is COC(=O)c1cccnc1-c1cc(Br)cc(C=O)c1. The number of pyridine rings is 1. The molecule has 1 aromatic heterocycles. The van der Waals surface area contributed by atoms with Gasteiger partial charge in [0.25, 0.3) is 0 Å². The maximum atomic E-state index is 11.7. The molecular formula is C14H10BrNO3. The third-order valence-electron chi connectivity index (χ3n) is 2.54. The van der Waals surface area contributed by atoms with Gasteiger partial charge in [-0.25, -0.2) is 4.79 Å². The summed E-state index contributed by atoms with van der Waals surface area (Å²) in [6.45, 7) is 0. The van der Waals surface area contributed by atoms with Crippen LogP contribution in [-0.2, 0) is 4.74 Å². The van der Waals surface area contributed by atoms with E-state index in [4.69, 9.17) is 4.74 Å². The van der Waals surface area contributed by atoms with Gasteiger partial charge in [0, 0.05) is 21.8 Å². The van der Waals surface area contributed by atoms with E-state index in [0.717, 1.165) is 10.8 Å². The second kappa shape index (κ2) is 5.75. The summed E-state index contributed by atoms with van der Waals surface area (Å²) in [7, 11) is 1.32. The number of ether oxygens (including phenoxy) is 1. The lowest BCUT2D eigenvalue weighted by Gasteiger charge is -2.08. The molecule has 2 rings (SSSR count). The van der Waals surface area contributed by atoms with Crippen molar-refractivity contribution in [1.82, 2.24) is 4.98 Å². The molecule has 0 bridgehead atoms. The van der Waals surface area contributed by atoms with Gasteiger partial charge in [-0.3, -0.25) is 9.78 Å². The van der Waals surface area contributed by atoms with Gasteiger partial charge in [0.05, 0.1) is 18.4 Å². The highest BCUT2D eigenvalue weighted by Gasteiger charge is 2.14. The maximum Gasteiger partial charge on any atom is 0.340 e. The Hall–Kier alpha value is -2.01. The number of carbonyl (C=O) groups is 2. The van der Waals surface area contributed by atoms with E-state index in [1.165, 1.54) is 7.11 Å². The van der Waals surface area contributed by atoms with Crippen LogP contribution in [0.25, 0.3) is 11.3 Å². The van der Waals surface area contributed by atoms with Gasteiger partial charge in [0.1, 0.15) is 6.29 Å². The van der Waals surface area contributed by atoms with Gasteiger partial charge < -0.3 is 4.74 Å². The maximum absolute atomic E-state index is 11.7. The summed E-state index contributed by atoms with van der Waals surface area (Å²) in [5.74, 6) is -0.462. The summed E-state index contributed by atoms with van der Waals surface area (Å²) in [6.07, 6.45) is 2.33. The second-order valence-electron chi connectivity index (χ2n) is 3.78. The minimum atomic E-state index is -0.462. The summed E-state index contributed by atoms with van der Waals surface area (Å²) < 4.78 is 5.47. The Bertz CT molecular complexity index is 640. The van der Waals surface area contributed by atoms with Crippen molar-refractivity contribution >= 4 is 28.2 Å². The minimum Gasteiger partial charge on any atom is -0.465 e. The molecule has 0 saturated heterocycles. The van der Waals surface area contributed by atoms with Crippen molar-refractivity contribution in [2.24, 2.45) is 0 Å². The monoisotopic (exact) mass is 319 g/mol. The van der Waals surface area contributed by atoms with Crippen LogP contribution in [0.1, 0.15) is 20.7 Å². The topological polar surface area (TPSA) is 56.3 Å². The van der Waals surface area contributed by atoms with Crippen LogP contribution in [0.4, 0.5) is 0 Å². The Labute approximate surface area is 118 Å². The predicted molar refractivity (Wildman–Crippen MR) is 74.1 cm³/mol. The molecule has 0 atom stereocenters. The lowest BCUT2D eigenvalue weighted by Crippen LogP contribution is -2.04. The van der Waals surface area contributed by atoms with Gasteiger partial charge in [-0.05, 0) is 30.3 Å². The van der Waals surface area contributed by atoms with E-state index in [-0.39, 0.29) is 0 Å². The molecule has 0 aliphatic heterocycles. The Morgan fingerprint density at radius 3 is 2.84 bits per heavy atom. The Kier molecular flexibility index (Phi) is 4.06. The van der Waals surface area contributed by atoms with Crippen molar-refractivity contribution in [2.75, 3.05) is 7.11 Å². The van der Waals surface area contributed by atoms with Crippen LogP contribution >= 0.6 is 15.9 Å². The van der Waals surface area contributed by atoms with Crippen LogP contribution in [0.3, 0.4) is 0 Å². The van der Waals surface area contributed by atoms with Gasteiger partial charge in [-0.15, -0.1) is 0 Å². The number of methoxy groups -OCH3 is 1. The minimum absolute atomic E-state index is 0.361. The van der Waals surface area contributed by atoms with Crippen molar-refractivity contribution < 1.29 is 14.3 Å². The number of hydrogen-bond donors (Lipinski definition) is 0. The molecule has 0 unspecified atom stereocenters. The molecule has 19 heavy (non-hydrogen) atoms. The first-order valence-electron chi connectivity index (χ1n) is 5.45. The van der Waals surface area contributed by atoms with Crippen molar-refractivity contribution in [2.45, 2.75) is 0 Å². The lowest BCUT2D eigenvalue weighted by atomic mass is 10.0. The third-order valence-corrected chi connectivity index (χ3v) is 3.00. The van der Waals surface area contributed by atoms with Gasteiger partial charge >= 0.3 is 5.97 Å². The number of rotatable bonds is 3. The first-order chi connectivity index (χ1) is 9.15. The van der Waals surface area contributed by atoms with Crippen molar-refractivity contribution in [1.29, 1.82) is 0 Å². The highest BCUT2D eigenvalue weighted by Crippen LogP contribution is 2.26. The number of benzene rings is 1. The zero-order valence-corrected chi connectivity index (χ0v) is 11.7. The molecule has 0 N–H and O–H groups in total. The molecule has 0 radical (unpaired) electrons. The fourth-order valence-corrected chi connectivity index (χ4v) is 2.24. The fourth-order valence-electron chi connectivity index (χ4n) is 1.73. The number of hydrogen-bond acceptors (Lipinski definition) is 4. The number of aromatic nitrogens is 1. The Morgan fingerprint density at radius 2 is 2.16 bits per heavy atom. The van der Waals surface area contributed by atoms with Crippen LogP contribution in [0.5, 0.6) is 0 Å². The third kappa shape index (κ3) is 2.88. The summed E-state index contributed by atoms with van der Waals surface area (Å²) in [5.41, 5.74) is 2.03. The molecule has 0 fully saturated rings. The van der Waals surface area contributed by atoms with Crippen molar-refractivity contribution in [3.63, 3.8) is 0 Å². The van der Waals surface area contributed by atoms with E-state index in [1.54, 1.807) is 36.5 Å². The number of halogens is 1. The summed E-state index contributed by atoms with van der Waals surface area (Å²) in [5, 5.41) is 0. The number of nitrogens with zero attached hydrogens (tertiary/aromatic N) is 1. The quantitative estimate of drug-likeness (QED) is 0.644. The van der Waals surface area contributed by atoms with Crippen molar-refractivity contribution in [3.8, 4) is 11.3 Å². The van der Waals surface area contributed by atoms with Crippen LogP contribution in [0.2, 0.25) is 0 Å². The normalized spacial score (nSPS) is 10.0. The first-order valence-corrected chi connectivity index (χ1v) is 6.24. The van der Waals surface area contributed by atoms with E-state index in [1.807, 2.05) is 0 Å². The molecule has 0 spiro atoms. The summed E-state index contributed by atoms with van der Waals surface area (Å²) >= 11 is 3.33. The largest absolute Gasteiger partial charge is 0.465 e. The van der Waals surface area contributed by atoms with Gasteiger partial charge in [0.2, 0.25) is 0 Å². The molecule has 1 heterocycles. The van der Waals surface area contributed by atoms with Gasteiger partial charge in [-0.2, -0.15) is 0 Å². The smallest absolute Gasteiger partial charge is 0.340 e. The van der Waals surface area contributed by atoms with Crippen LogP contribution in [-0.4, -0.2) is 24.3 Å². The van der Waals surface area contributed by atoms with E-state index in [0.29, 0.717) is 22.4 Å². The van der Waals surface area contributed by atoms with Crippen LogP contribution < -0.4 is 0 Å². The van der Waals surface area contributed by atoms with E-state index < -0.39 is 5.97 Å². The zero-order chi connectivity index (χ0) is 13.8. The predicted octanol–water partition coefficient (Wildman–Crippen LogP) is 3.11. The summed E-state index contributed by atoms with van der Waals surface area (Å²) in [4.78, 5) is 26.8. The molecule has 0 amide bonds. The Balaban J connectivity index is 2.61. The lowest BCUT2D eigenvalue weighted by molar-refractivity contribution is 0.0601. The van der Waals surface area contributed by atoms with Gasteiger partial charge in [-0.1, -0.05) is 15.9 Å². The number of esters is 1. The first kappa shape index (κ1) is 13.4. The fraction of sp³-hybridized carbons (Fsp3) is 0.0714. The molecule has 1 aromatic carbocycles. The van der Waals surface area contributed by atoms with Crippen LogP contribution in [0.15, 0.2) is 41.0 Å². The Morgan fingerprint density at radius 1 is 1.37 bits per heavy atom. The average molecular weight is 320 g/mol. The molecule has 4 nitrogen and oxygen atoms in total. The van der Waals surface area contributed by atoms with E-state index in [2.05, 4.69) is 20.9 Å². The summed E-state index contributed by atoms with van der Waals surface area (Å²) in [6, 6.07) is 8.45. The molecule has 0 aliphatic rings. The molecule has 0 aliphatic carbocycles. The molecular weight excluding hydrogens is 310 g/mol. The molecule has 5 heteroatoms. The average Bonchev–Trinajstić information content (AvgIpc) is 2.45. The number of carbonyl (C=O) groups excluding carboxylic acids is 2. The second-order valence-corrected chi connectivity index (χ2v) is 4.70.